The van der Waals surface area contributed by atoms with Crippen LogP contribution in [0.4, 0.5) is 0 Å². The van der Waals surface area contributed by atoms with Gasteiger partial charge in [-0.2, -0.15) is 0 Å². The number of nitrogens with zero attached hydrogens (tertiary/aromatic N) is 2. The molecule has 0 spiro atoms. The van der Waals surface area contributed by atoms with Crippen LogP contribution in [0, 0.1) is 0 Å². The van der Waals surface area contributed by atoms with E-state index in [0.29, 0.717) is 6.42 Å². The summed E-state index contributed by atoms with van der Waals surface area (Å²) in [6, 6.07) is 0. The Morgan fingerprint density at radius 2 is 1.96 bits per heavy atom. The second kappa shape index (κ2) is 9.25. The van der Waals surface area contributed by atoms with Crippen molar-refractivity contribution < 1.29 is 39.3 Å². The van der Waals surface area contributed by atoms with E-state index in [4.69, 9.17) is 14.6 Å². The van der Waals surface area contributed by atoms with Crippen LogP contribution in [0.15, 0.2) is 18.7 Å². The molecule has 9 nitrogen and oxygen atoms in total. The van der Waals surface area contributed by atoms with Crippen molar-refractivity contribution in [3.05, 3.63) is 18.7 Å². The minimum absolute atomic E-state index is 0.161. The summed E-state index contributed by atoms with van der Waals surface area (Å²) in [4.78, 5) is 11.8. The molecule has 0 unspecified atom stereocenters. The third kappa shape index (κ3) is 5.48. The largest absolute Gasteiger partial charge is 0.433 e. The van der Waals surface area contributed by atoms with Crippen molar-refractivity contribution in [2.75, 3.05) is 6.61 Å². The molecule has 2 heterocycles. The molecular formula is C16H27N2O7+. The number of aryl methyl sites for hydroxylation is 2. The summed E-state index contributed by atoms with van der Waals surface area (Å²) < 4.78 is 14.2. The van der Waals surface area contributed by atoms with E-state index < -0.39 is 43.3 Å². The molecular weight excluding hydrogens is 332 g/mol. The normalized spacial score (nSPS) is 29.6. The number of hydrogen-bond donors (Lipinski definition) is 4. The Hall–Kier alpha value is -1.52. The van der Waals surface area contributed by atoms with Gasteiger partial charge in [0.15, 0.2) is 0 Å². The van der Waals surface area contributed by atoms with Crippen molar-refractivity contribution in [2.24, 2.45) is 7.05 Å². The fraction of sp³-hybridized carbons (Fsp3) is 0.750. The van der Waals surface area contributed by atoms with Gasteiger partial charge in [0.1, 0.15) is 36.8 Å². The molecule has 2 rings (SSSR count). The maximum Gasteiger partial charge on any atom is 0.308 e. The standard InChI is InChI=1S/C16H27N2O7/c1-17-7-8-18(10-17)6-4-2-3-5-12(20)25-16-15(23)14(22)13(21)11(9-19)24-16/h7-8,10-11,13-16,19,21-23H,2-6,9H2,1H3/q+1/t11-,13-,14+,15-,16+/m1/s1. The first-order valence-corrected chi connectivity index (χ1v) is 8.43. The summed E-state index contributed by atoms with van der Waals surface area (Å²) in [5, 5.41) is 38.2. The highest BCUT2D eigenvalue weighted by molar-refractivity contribution is 5.69. The Labute approximate surface area is 146 Å². The van der Waals surface area contributed by atoms with Crippen molar-refractivity contribution >= 4 is 5.97 Å². The average Bonchev–Trinajstić information content (AvgIpc) is 3.00. The van der Waals surface area contributed by atoms with E-state index in [1.807, 2.05) is 30.3 Å². The maximum atomic E-state index is 11.8. The van der Waals surface area contributed by atoms with Crippen LogP contribution < -0.4 is 4.57 Å². The third-order valence-corrected chi connectivity index (χ3v) is 4.22. The lowest BCUT2D eigenvalue weighted by molar-refractivity contribution is -0.671. The van der Waals surface area contributed by atoms with Gasteiger partial charge in [-0.15, -0.1) is 0 Å². The topological polar surface area (TPSA) is 125 Å². The number of aliphatic hydroxyl groups excluding tert-OH is 4. The molecule has 9 heteroatoms. The Morgan fingerprint density at radius 1 is 1.20 bits per heavy atom. The number of hydrogen-bond acceptors (Lipinski definition) is 7. The SMILES string of the molecule is C[n+]1ccn(CCCCCC(=O)O[C@@H]2O[C@H](CO)[C@@H](O)[C@H](O)[C@H]2O)c1. The summed E-state index contributed by atoms with van der Waals surface area (Å²) in [7, 11) is 1.95. The molecule has 142 valence electrons. The van der Waals surface area contributed by atoms with Gasteiger partial charge < -0.3 is 29.9 Å². The molecule has 1 aliphatic heterocycles. The quantitative estimate of drug-likeness (QED) is 0.246. The van der Waals surface area contributed by atoms with Gasteiger partial charge in [0, 0.05) is 6.42 Å². The van der Waals surface area contributed by atoms with Crippen molar-refractivity contribution in [3.63, 3.8) is 0 Å². The van der Waals surface area contributed by atoms with Crippen LogP contribution in [-0.4, -0.2) is 68.3 Å². The molecule has 0 aromatic carbocycles. The summed E-state index contributed by atoms with van der Waals surface area (Å²) in [5.74, 6) is -0.559. The summed E-state index contributed by atoms with van der Waals surface area (Å²) in [5.41, 5.74) is 0. The molecule has 1 fully saturated rings. The highest BCUT2D eigenvalue weighted by atomic mass is 16.7. The highest BCUT2D eigenvalue weighted by Crippen LogP contribution is 2.22. The monoisotopic (exact) mass is 359 g/mol. The Balaban J connectivity index is 1.67. The summed E-state index contributed by atoms with van der Waals surface area (Å²) >= 11 is 0. The van der Waals surface area contributed by atoms with Crippen LogP contribution in [0.2, 0.25) is 0 Å². The van der Waals surface area contributed by atoms with Crippen LogP contribution in [0.5, 0.6) is 0 Å². The van der Waals surface area contributed by atoms with Crippen LogP contribution in [0.1, 0.15) is 25.7 Å². The molecule has 1 saturated heterocycles. The first-order chi connectivity index (χ1) is 11.9. The molecule has 25 heavy (non-hydrogen) atoms. The van der Waals surface area contributed by atoms with Crippen LogP contribution in [-0.2, 0) is 27.9 Å². The molecule has 0 bridgehead atoms. The smallest absolute Gasteiger partial charge is 0.308 e. The first kappa shape index (κ1) is 19.8. The lowest BCUT2D eigenvalue weighted by Crippen LogP contribution is -2.59. The van der Waals surface area contributed by atoms with Gasteiger partial charge in [0.25, 0.3) is 0 Å². The minimum atomic E-state index is -1.56. The lowest BCUT2D eigenvalue weighted by atomic mass is 9.99. The van der Waals surface area contributed by atoms with E-state index in [1.54, 1.807) is 0 Å². The van der Waals surface area contributed by atoms with Crippen LogP contribution >= 0.6 is 0 Å². The number of imidazole rings is 1. The van der Waals surface area contributed by atoms with Crippen molar-refractivity contribution in [2.45, 2.75) is 62.9 Å². The van der Waals surface area contributed by atoms with Gasteiger partial charge in [-0.1, -0.05) is 0 Å². The predicted octanol–water partition coefficient (Wildman–Crippen LogP) is -1.78. The minimum Gasteiger partial charge on any atom is -0.433 e. The number of aromatic nitrogens is 2. The van der Waals surface area contributed by atoms with E-state index in [2.05, 4.69) is 4.57 Å². The zero-order valence-electron chi connectivity index (χ0n) is 14.3. The number of ether oxygens (including phenoxy) is 2. The second-order valence-corrected chi connectivity index (χ2v) is 6.31. The van der Waals surface area contributed by atoms with E-state index in [-0.39, 0.29) is 6.42 Å². The second-order valence-electron chi connectivity index (χ2n) is 6.31. The maximum absolute atomic E-state index is 11.8. The number of carbonyl (C=O) groups is 1. The van der Waals surface area contributed by atoms with Crippen molar-refractivity contribution in [3.8, 4) is 0 Å². The zero-order valence-corrected chi connectivity index (χ0v) is 14.3. The summed E-state index contributed by atoms with van der Waals surface area (Å²) in [6.45, 7) is 0.304. The van der Waals surface area contributed by atoms with E-state index in [1.165, 1.54) is 0 Å². The van der Waals surface area contributed by atoms with Crippen LogP contribution in [0.25, 0.3) is 0 Å². The number of rotatable bonds is 8. The lowest BCUT2D eigenvalue weighted by Gasteiger charge is -2.39. The first-order valence-electron chi connectivity index (χ1n) is 8.43. The predicted molar refractivity (Wildman–Crippen MR) is 83.9 cm³/mol. The van der Waals surface area contributed by atoms with Gasteiger partial charge in [-0.25, -0.2) is 9.13 Å². The molecule has 4 N–H and O–H groups in total. The number of esters is 1. The summed E-state index contributed by atoms with van der Waals surface area (Å²) in [6.07, 6.45) is 1.40. The van der Waals surface area contributed by atoms with E-state index in [0.717, 1.165) is 19.4 Å². The molecule has 1 aliphatic rings. The Bertz CT molecular complexity index is 548. The van der Waals surface area contributed by atoms with Gasteiger partial charge in [-0.3, -0.25) is 4.79 Å². The van der Waals surface area contributed by atoms with Crippen LogP contribution in [0.3, 0.4) is 0 Å². The van der Waals surface area contributed by atoms with Crippen molar-refractivity contribution in [1.29, 1.82) is 0 Å². The van der Waals surface area contributed by atoms with E-state index in [9.17, 15) is 20.1 Å². The number of aliphatic hydroxyl groups is 4. The number of unbranched alkanes of at least 4 members (excludes halogenated alkanes) is 2. The molecule has 0 aliphatic carbocycles. The fourth-order valence-electron chi connectivity index (χ4n) is 2.73. The fourth-order valence-corrected chi connectivity index (χ4v) is 2.73. The van der Waals surface area contributed by atoms with Gasteiger partial charge >= 0.3 is 5.97 Å². The number of carbonyl (C=O) groups excluding carboxylic acids is 1. The zero-order chi connectivity index (χ0) is 18.4. The van der Waals surface area contributed by atoms with E-state index >= 15 is 0 Å². The average molecular weight is 359 g/mol. The van der Waals surface area contributed by atoms with Gasteiger partial charge in [0.2, 0.25) is 12.6 Å². The van der Waals surface area contributed by atoms with Crippen molar-refractivity contribution in [1.82, 2.24) is 4.57 Å². The molecule has 1 aromatic heterocycles. The molecule has 5 atom stereocenters. The van der Waals surface area contributed by atoms with Gasteiger partial charge in [0.05, 0.1) is 20.2 Å². The highest BCUT2D eigenvalue weighted by Gasteiger charge is 2.45. The molecule has 0 amide bonds. The third-order valence-electron chi connectivity index (χ3n) is 4.22. The van der Waals surface area contributed by atoms with Gasteiger partial charge in [-0.05, 0) is 19.3 Å². The molecule has 0 radical (unpaired) electrons. The Kier molecular flexibility index (Phi) is 7.33. The molecule has 0 saturated carbocycles. The Morgan fingerprint density at radius 3 is 2.60 bits per heavy atom. The molecule has 1 aromatic rings.